The van der Waals surface area contributed by atoms with E-state index in [0.717, 1.165) is 0 Å². The summed E-state index contributed by atoms with van der Waals surface area (Å²) in [5, 5.41) is 10.2. The van der Waals surface area contributed by atoms with Crippen molar-refractivity contribution in [1.82, 2.24) is 0 Å². The average molecular weight is 202 g/mol. The first-order chi connectivity index (χ1) is 6.09. The molecule has 13 heavy (non-hydrogen) atoms. The second kappa shape index (κ2) is 3.93. The van der Waals surface area contributed by atoms with Crippen LogP contribution >= 0.6 is 8.25 Å². The lowest BCUT2D eigenvalue weighted by Crippen LogP contribution is -1.87. The molecule has 1 N–H and O–H groups in total. The Morgan fingerprint density at radius 1 is 1.38 bits per heavy atom. The van der Waals surface area contributed by atoms with Crippen molar-refractivity contribution in [3.8, 4) is 5.75 Å². The van der Waals surface area contributed by atoms with Gasteiger partial charge in [-0.15, -0.1) is 4.89 Å². The van der Waals surface area contributed by atoms with E-state index < -0.39 is 13.2 Å². The third-order valence-corrected chi connectivity index (χ3v) is 1.60. The molecule has 68 valence electrons. The molecule has 0 radical (unpaired) electrons. The highest BCUT2D eigenvalue weighted by molar-refractivity contribution is 7.32. The Kier molecular flexibility index (Phi) is 2.89. The van der Waals surface area contributed by atoms with Crippen molar-refractivity contribution in [3.63, 3.8) is 0 Å². The van der Waals surface area contributed by atoms with Crippen LogP contribution in [0.1, 0.15) is 0 Å². The van der Waals surface area contributed by atoms with Gasteiger partial charge >= 0.3 is 8.25 Å². The number of non-ortho nitro benzene ring substituents is 1. The van der Waals surface area contributed by atoms with Crippen LogP contribution in [0.3, 0.4) is 0 Å². The first-order valence-corrected chi connectivity index (χ1v) is 4.31. The fraction of sp³-hybridized carbons (Fsp3) is 0. The lowest BCUT2D eigenvalue weighted by molar-refractivity contribution is -0.384. The summed E-state index contributed by atoms with van der Waals surface area (Å²) in [6.45, 7) is 0. The lowest BCUT2D eigenvalue weighted by atomic mass is 10.3. The molecule has 1 aromatic rings. The number of hydrogen-bond donors (Lipinski definition) is 1. The van der Waals surface area contributed by atoms with E-state index in [1.807, 2.05) is 0 Å². The van der Waals surface area contributed by atoms with Crippen LogP contribution in [0.5, 0.6) is 5.75 Å². The highest BCUT2D eigenvalue weighted by Crippen LogP contribution is 2.24. The van der Waals surface area contributed by atoms with Crippen LogP contribution in [-0.2, 0) is 4.57 Å². The molecule has 7 heteroatoms. The van der Waals surface area contributed by atoms with Crippen molar-refractivity contribution in [2.45, 2.75) is 0 Å². The maximum atomic E-state index is 10.2. The Hall–Kier alpha value is -1.52. The molecule has 0 aliphatic carbocycles. The molecule has 1 aromatic carbocycles. The summed E-state index contributed by atoms with van der Waals surface area (Å²) in [6.07, 6.45) is 0. The molecule has 0 aliphatic rings. The van der Waals surface area contributed by atoms with Crippen molar-refractivity contribution in [1.29, 1.82) is 0 Å². The molecule has 0 aliphatic heterocycles. The Balaban J connectivity index is 2.81. The van der Waals surface area contributed by atoms with Gasteiger partial charge in [0.15, 0.2) is 5.75 Å². The highest BCUT2D eigenvalue weighted by Gasteiger charge is 2.14. The van der Waals surface area contributed by atoms with Crippen LogP contribution in [0.4, 0.5) is 5.69 Å². The molecule has 0 amide bonds. The second-order valence-corrected chi connectivity index (χ2v) is 2.74. The van der Waals surface area contributed by atoms with E-state index in [4.69, 9.17) is 4.89 Å². The summed E-state index contributed by atoms with van der Waals surface area (Å²) in [4.78, 5) is 18.0. The topological polar surface area (TPSA) is 89.7 Å². The van der Waals surface area contributed by atoms with Gasteiger partial charge in [-0.2, -0.15) is 0 Å². The zero-order valence-corrected chi connectivity index (χ0v) is 7.18. The molecule has 0 saturated heterocycles. The first-order valence-electron chi connectivity index (χ1n) is 3.18. The summed E-state index contributed by atoms with van der Waals surface area (Å²) < 4.78 is 14.6. The van der Waals surface area contributed by atoms with Crippen molar-refractivity contribution < 1.29 is 18.9 Å². The maximum Gasteiger partial charge on any atom is 0.747 e. The van der Waals surface area contributed by atoms with Gasteiger partial charge in [-0.1, -0.05) is 0 Å². The quantitative estimate of drug-likeness (QED) is 0.457. The summed E-state index contributed by atoms with van der Waals surface area (Å²) in [7, 11) is -2.72. The van der Waals surface area contributed by atoms with Crippen LogP contribution < -0.4 is 4.52 Å². The molecule has 0 heterocycles. The van der Waals surface area contributed by atoms with Crippen molar-refractivity contribution >= 4 is 13.9 Å². The Morgan fingerprint density at radius 3 is 2.31 bits per heavy atom. The van der Waals surface area contributed by atoms with E-state index in [9.17, 15) is 14.7 Å². The van der Waals surface area contributed by atoms with E-state index in [1.54, 1.807) is 0 Å². The van der Waals surface area contributed by atoms with E-state index >= 15 is 0 Å². The highest BCUT2D eigenvalue weighted by atomic mass is 31.1. The normalized spacial score (nSPS) is 10.7. The van der Waals surface area contributed by atoms with Crippen LogP contribution in [0.25, 0.3) is 0 Å². The molecular formula is C6H5NO5P+. The van der Waals surface area contributed by atoms with Gasteiger partial charge in [0.1, 0.15) is 0 Å². The smallest absolute Gasteiger partial charge is 0.258 e. The minimum absolute atomic E-state index is 0.0967. The van der Waals surface area contributed by atoms with Gasteiger partial charge in [0.2, 0.25) is 0 Å². The third kappa shape index (κ3) is 2.77. The first kappa shape index (κ1) is 9.57. The predicted octanol–water partition coefficient (Wildman–Crippen LogP) is 1.62. The minimum Gasteiger partial charge on any atom is -0.258 e. The largest absolute Gasteiger partial charge is 0.747 e. The van der Waals surface area contributed by atoms with Gasteiger partial charge in [0, 0.05) is 16.7 Å². The zero-order valence-electron chi connectivity index (χ0n) is 6.28. The SMILES string of the molecule is O=[N+]([O-])c1ccc(O[P+](=O)O)cc1. The molecule has 0 saturated carbocycles. The van der Waals surface area contributed by atoms with Crippen molar-refractivity contribution in [2.75, 3.05) is 0 Å². The number of rotatable bonds is 3. The number of nitro groups is 1. The van der Waals surface area contributed by atoms with Gasteiger partial charge in [0.25, 0.3) is 5.69 Å². The molecule has 0 spiro atoms. The van der Waals surface area contributed by atoms with E-state index in [-0.39, 0.29) is 11.4 Å². The Labute approximate surface area is 73.9 Å². The monoisotopic (exact) mass is 202 g/mol. The second-order valence-electron chi connectivity index (χ2n) is 2.08. The molecule has 1 unspecified atom stereocenters. The van der Waals surface area contributed by atoms with Gasteiger partial charge in [-0.3, -0.25) is 10.1 Å². The van der Waals surface area contributed by atoms with E-state index in [1.165, 1.54) is 24.3 Å². The summed E-state index contributed by atoms with van der Waals surface area (Å²) in [5.41, 5.74) is -0.0967. The van der Waals surface area contributed by atoms with Crippen molar-refractivity contribution in [3.05, 3.63) is 34.4 Å². The van der Waals surface area contributed by atoms with E-state index in [0.29, 0.717) is 0 Å². The van der Waals surface area contributed by atoms with Gasteiger partial charge in [-0.05, 0) is 12.1 Å². The molecule has 0 fully saturated rings. The van der Waals surface area contributed by atoms with Gasteiger partial charge in [-0.25, -0.2) is 4.52 Å². The Morgan fingerprint density at radius 2 is 1.92 bits per heavy atom. The lowest BCUT2D eigenvalue weighted by Gasteiger charge is -1.90. The minimum atomic E-state index is -2.72. The number of nitrogens with zero attached hydrogens (tertiary/aromatic N) is 1. The summed E-state index contributed by atoms with van der Waals surface area (Å²) in [6, 6.07) is 4.88. The fourth-order valence-corrected chi connectivity index (χ4v) is 1.02. The summed E-state index contributed by atoms with van der Waals surface area (Å²) in [5.74, 6) is 0.120. The van der Waals surface area contributed by atoms with Gasteiger partial charge < -0.3 is 0 Å². The predicted molar refractivity (Wildman–Crippen MR) is 43.5 cm³/mol. The molecule has 1 rings (SSSR count). The molecule has 0 aromatic heterocycles. The number of hydrogen-bond acceptors (Lipinski definition) is 4. The third-order valence-electron chi connectivity index (χ3n) is 1.23. The summed E-state index contributed by atoms with van der Waals surface area (Å²) >= 11 is 0. The van der Waals surface area contributed by atoms with Crippen LogP contribution in [-0.4, -0.2) is 9.82 Å². The van der Waals surface area contributed by atoms with E-state index in [2.05, 4.69) is 4.52 Å². The standard InChI is InChI=1S/C6H4NO5P/c8-7(9)5-1-3-6(4-2-5)12-13(10)11/h1-4H/p+1. The fourth-order valence-electron chi connectivity index (χ4n) is 0.719. The molecule has 1 atom stereocenters. The van der Waals surface area contributed by atoms with Gasteiger partial charge in [0.05, 0.1) is 4.92 Å². The zero-order chi connectivity index (χ0) is 9.84. The molecular weight excluding hydrogens is 197 g/mol. The maximum absolute atomic E-state index is 10.2. The van der Waals surface area contributed by atoms with Crippen LogP contribution in [0.2, 0.25) is 0 Å². The van der Waals surface area contributed by atoms with Crippen LogP contribution in [0.15, 0.2) is 24.3 Å². The number of benzene rings is 1. The molecule has 6 nitrogen and oxygen atoms in total. The average Bonchev–Trinajstić information content (AvgIpc) is 2.04. The van der Waals surface area contributed by atoms with Crippen LogP contribution in [0, 0.1) is 10.1 Å². The Bertz CT molecular complexity index is 335. The van der Waals surface area contributed by atoms with Crippen molar-refractivity contribution in [2.24, 2.45) is 0 Å². The molecule has 0 bridgehead atoms. The number of nitro benzene ring substituents is 1.